The first-order valence-electron chi connectivity index (χ1n) is 8.16. The number of nitrogens with one attached hydrogen (secondary N) is 1. The van der Waals surface area contributed by atoms with E-state index in [1.807, 2.05) is 12.4 Å². The average Bonchev–Trinajstić information content (AvgIpc) is 2.82. The van der Waals surface area contributed by atoms with Crippen molar-refractivity contribution in [3.63, 3.8) is 0 Å². The topological polar surface area (TPSA) is 33.1 Å². The minimum Gasteiger partial charge on any atom is -0.337 e. The van der Waals surface area contributed by atoms with Crippen LogP contribution in [-0.2, 0) is 13.6 Å². The van der Waals surface area contributed by atoms with E-state index in [1.165, 1.54) is 19.3 Å². The van der Waals surface area contributed by atoms with Gasteiger partial charge in [0.25, 0.3) is 0 Å². The van der Waals surface area contributed by atoms with Gasteiger partial charge in [-0.05, 0) is 44.7 Å². The van der Waals surface area contributed by atoms with Crippen LogP contribution in [-0.4, -0.2) is 40.6 Å². The van der Waals surface area contributed by atoms with Gasteiger partial charge in [0, 0.05) is 31.5 Å². The molecule has 3 unspecified atom stereocenters. The Hall–Kier alpha value is -0.870. The zero-order chi connectivity index (χ0) is 15.6. The maximum Gasteiger partial charge on any atom is 0.122 e. The molecule has 3 atom stereocenters. The molecule has 1 N–H and O–H groups in total. The Morgan fingerprint density at radius 3 is 2.62 bits per heavy atom. The molecule has 1 aliphatic rings. The molecule has 120 valence electrons. The monoisotopic (exact) mass is 292 g/mol. The van der Waals surface area contributed by atoms with Gasteiger partial charge in [-0.25, -0.2) is 4.98 Å². The third kappa shape index (κ3) is 3.86. The molecular formula is C17H32N4. The first-order chi connectivity index (χ1) is 9.82. The van der Waals surface area contributed by atoms with Crippen molar-refractivity contribution in [2.45, 2.75) is 58.7 Å². The van der Waals surface area contributed by atoms with E-state index in [0.717, 1.165) is 18.3 Å². The lowest BCUT2D eigenvalue weighted by Gasteiger charge is -2.45. The van der Waals surface area contributed by atoms with E-state index >= 15 is 0 Å². The van der Waals surface area contributed by atoms with Crippen LogP contribution >= 0.6 is 0 Å². The molecule has 4 heteroatoms. The van der Waals surface area contributed by atoms with E-state index in [4.69, 9.17) is 0 Å². The standard InChI is InChI=1S/C17H32N4/c1-17(2,3)13-7-8-14(18-4)15(11-13)21(6)12-16-19-9-10-20(16)5/h9-10,13-15,18H,7-8,11-12H2,1-6H3. The van der Waals surface area contributed by atoms with Crippen LogP contribution in [0.1, 0.15) is 45.9 Å². The number of aromatic nitrogens is 2. The van der Waals surface area contributed by atoms with Gasteiger partial charge in [0.1, 0.15) is 5.82 Å². The smallest absolute Gasteiger partial charge is 0.122 e. The Morgan fingerprint density at radius 1 is 1.38 bits per heavy atom. The van der Waals surface area contributed by atoms with Gasteiger partial charge in [-0.2, -0.15) is 0 Å². The molecule has 1 aromatic rings. The van der Waals surface area contributed by atoms with Gasteiger partial charge in [0.05, 0.1) is 6.54 Å². The second-order valence-electron chi connectivity index (χ2n) is 7.71. The molecule has 0 aliphatic heterocycles. The molecule has 21 heavy (non-hydrogen) atoms. The van der Waals surface area contributed by atoms with Crippen LogP contribution < -0.4 is 5.32 Å². The minimum absolute atomic E-state index is 0.404. The predicted molar refractivity (Wildman–Crippen MR) is 88.1 cm³/mol. The van der Waals surface area contributed by atoms with Crippen LogP contribution in [0.25, 0.3) is 0 Å². The van der Waals surface area contributed by atoms with Gasteiger partial charge in [-0.15, -0.1) is 0 Å². The molecule has 0 radical (unpaired) electrons. The number of rotatable bonds is 4. The van der Waals surface area contributed by atoms with E-state index in [1.54, 1.807) is 0 Å². The minimum atomic E-state index is 0.404. The predicted octanol–water partition coefficient (Wildman–Crippen LogP) is 2.65. The number of likely N-dealkylation sites (N-methyl/N-ethyl adjacent to an activating group) is 2. The van der Waals surface area contributed by atoms with Gasteiger partial charge >= 0.3 is 0 Å². The lowest BCUT2D eigenvalue weighted by atomic mass is 9.69. The summed E-state index contributed by atoms with van der Waals surface area (Å²) in [4.78, 5) is 6.96. The molecule has 1 aromatic heterocycles. The Kier molecular flexibility index (Phi) is 5.10. The summed E-state index contributed by atoms with van der Waals surface area (Å²) >= 11 is 0. The number of aryl methyl sites for hydroxylation is 1. The highest BCUT2D eigenvalue weighted by Crippen LogP contribution is 2.39. The maximum atomic E-state index is 4.47. The second-order valence-corrected chi connectivity index (χ2v) is 7.71. The van der Waals surface area contributed by atoms with E-state index in [0.29, 0.717) is 17.5 Å². The molecule has 1 heterocycles. The van der Waals surface area contributed by atoms with Gasteiger partial charge in [-0.3, -0.25) is 4.90 Å². The average molecular weight is 292 g/mol. The van der Waals surface area contributed by atoms with Crippen LogP contribution in [0.4, 0.5) is 0 Å². The SMILES string of the molecule is CNC1CCC(C(C)(C)C)CC1N(C)Cc1nccn1C. The number of nitrogens with zero attached hydrogens (tertiary/aromatic N) is 3. The van der Waals surface area contributed by atoms with E-state index < -0.39 is 0 Å². The van der Waals surface area contributed by atoms with Crippen LogP contribution in [0.5, 0.6) is 0 Å². The molecule has 0 amide bonds. The summed E-state index contributed by atoms with van der Waals surface area (Å²) in [5.74, 6) is 1.95. The van der Waals surface area contributed by atoms with Gasteiger partial charge in [0.2, 0.25) is 0 Å². The summed E-state index contributed by atoms with van der Waals surface area (Å²) in [7, 11) is 6.42. The summed E-state index contributed by atoms with van der Waals surface area (Å²) in [6.07, 6.45) is 7.79. The molecule has 1 aliphatic carbocycles. The van der Waals surface area contributed by atoms with Gasteiger partial charge in [0.15, 0.2) is 0 Å². The van der Waals surface area contributed by atoms with Crippen LogP contribution in [0.15, 0.2) is 12.4 Å². The Bertz CT molecular complexity index is 446. The Labute approximate surface area is 129 Å². The van der Waals surface area contributed by atoms with Crippen molar-refractivity contribution in [2.24, 2.45) is 18.4 Å². The third-order valence-electron chi connectivity index (χ3n) is 5.29. The number of hydrogen-bond acceptors (Lipinski definition) is 3. The molecule has 0 spiro atoms. The summed E-state index contributed by atoms with van der Waals surface area (Å²) in [5.41, 5.74) is 0.404. The highest BCUT2D eigenvalue weighted by molar-refractivity contribution is 4.96. The molecule has 4 nitrogen and oxygen atoms in total. The fourth-order valence-electron chi connectivity index (χ4n) is 3.65. The van der Waals surface area contributed by atoms with Crippen LogP contribution in [0, 0.1) is 11.3 Å². The van der Waals surface area contributed by atoms with Crippen molar-refractivity contribution in [1.29, 1.82) is 0 Å². The molecular weight excluding hydrogens is 260 g/mol. The molecule has 0 bridgehead atoms. The maximum absolute atomic E-state index is 4.47. The normalized spacial score (nSPS) is 27.3. The lowest BCUT2D eigenvalue weighted by molar-refractivity contribution is 0.0694. The molecule has 2 rings (SSSR count). The highest BCUT2D eigenvalue weighted by Gasteiger charge is 2.37. The van der Waals surface area contributed by atoms with Crippen molar-refractivity contribution in [3.8, 4) is 0 Å². The largest absolute Gasteiger partial charge is 0.337 e. The molecule has 0 aromatic carbocycles. The first-order valence-corrected chi connectivity index (χ1v) is 8.16. The highest BCUT2D eigenvalue weighted by atomic mass is 15.2. The molecule has 1 fully saturated rings. The van der Waals surface area contributed by atoms with E-state index in [-0.39, 0.29) is 0 Å². The van der Waals surface area contributed by atoms with Crippen molar-refractivity contribution in [2.75, 3.05) is 14.1 Å². The lowest BCUT2D eigenvalue weighted by Crippen LogP contribution is -2.52. The van der Waals surface area contributed by atoms with E-state index in [2.05, 4.69) is 61.7 Å². The first kappa shape index (κ1) is 16.5. The van der Waals surface area contributed by atoms with Gasteiger partial charge < -0.3 is 9.88 Å². The third-order valence-corrected chi connectivity index (χ3v) is 5.29. The second kappa shape index (κ2) is 6.49. The Balaban J connectivity index is 2.07. The van der Waals surface area contributed by atoms with Crippen molar-refractivity contribution in [3.05, 3.63) is 18.2 Å². The van der Waals surface area contributed by atoms with Crippen LogP contribution in [0.3, 0.4) is 0 Å². The quantitative estimate of drug-likeness (QED) is 0.926. The van der Waals surface area contributed by atoms with E-state index in [9.17, 15) is 0 Å². The zero-order valence-electron chi connectivity index (χ0n) is 14.6. The van der Waals surface area contributed by atoms with Gasteiger partial charge in [-0.1, -0.05) is 20.8 Å². The summed E-state index contributed by atoms with van der Waals surface area (Å²) < 4.78 is 2.12. The fraction of sp³-hybridized carbons (Fsp3) is 0.824. The number of imidazole rings is 1. The summed E-state index contributed by atoms with van der Waals surface area (Å²) in [5, 5.41) is 3.53. The summed E-state index contributed by atoms with van der Waals surface area (Å²) in [6.45, 7) is 8.07. The molecule has 1 saturated carbocycles. The Morgan fingerprint density at radius 2 is 2.10 bits per heavy atom. The number of hydrogen-bond donors (Lipinski definition) is 1. The van der Waals surface area contributed by atoms with Crippen molar-refractivity contribution in [1.82, 2.24) is 19.8 Å². The molecule has 0 saturated heterocycles. The summed E-state index contributed by atoms with van der Waals surface area (Å²) in [6, 6.07) is 1.18. The zero-order valence-corrected chi connectivity index (χ0v) is 14.6. The fourth-order valence-corrected chi connectivity index (χ4v) is 3.65. The van der Waals surface area contributed by atoms with Crippen molar-refractivity contribution >= 4 is 0 Å². The van der Waals surface area contributed by atoms with Crippen molar-refractivity contribution < 1.29 is 0 Å². The van der Waals surface area contributed by atoms with Crippen LogP contribution in [0.2, 0.25) is 0 Å².